The van der Waals surface area contributed by atoms with Gasteiger partial charge >= 0.3 is 6.03 Å². The smallest absolute Gasteiger partial charge is 0.315 e. The second kappa shape index (κ2) is 7.98. The number of carbonyl (C=O) groups is 1. The van der Waals surface area contributed by atoms with E-state index in [0.29, 0.717) is 18.0 Å². The van der Waals surface area contributed by atoms with Gasteiger partial charge in [-0.25, -0.2) is 4.79 Å². The lowest BCUT2D eigenvalue weighted by atomic mass is 9.95. The Kier molecular flexibility index (Phi) is 5.27. The van der Waals surface area contributed by atoms with Gasteiger partial charge in [0.15, 0.2) is 5.58 Å². The number of amides is 2. The largest absolute Gasteiger partial charge is 0.423 e. The summed E-state index contributed by atoms with van der Waals surface area (Å²) in [4.78, 5) is 18.9. The lowest BCUT2D eigenvalue weighted by Gasteiger charge is -2.31. The molecule has 1 aliphatic heterocycles. The molecule has 6 heteroatoms. The molecule has 140 valence electrons. The molecule has 0 unspecified atom stereocenters. The van der Waals surface area contributed by atoms with Crippen molar-refractivity contribution in [1.82, 2.24) is 15.6 Å². The van der Waals surface area contributed by atoms with Crippen LogP contribution in [0.1, 0.15) is 44.9 Å². The van der Waals surface area contributed by atoms with E-state index in [1.165, 1.54) is 19.3 Å². The highest BCUT2D eigenvalue weighted by Crippen LogP contribution is 2.26. The number of anilines is 1. The van der Waals surface area contributed by atoms with Crippen LogP contribution in [0.2, 0.25) is 0 Å². The Morgan fingerprint density at radius 1 is 1.12 bits per heavy atom. The van der Waals surface area contributed by atoms with Crippen molar-refractivity contribution in [2.45, 2.75) is 51.0 Å². The van der Waals surface area contributed by atoms with Crippen molar-refractivity contribution in [3.63, 3.8) is 0 Å². The number of fused-ring (bicyclic) bond motifs is 1. The lowest BCUT2D eigenvalue weighted by molar-refractivity contribution is 0.229. The molecular formula is C20H28N4O2. The Bertz CT molecular complexity index is 697. The first kappa shape index (κ1) is 17.2. The van der Waals surface area contributed by atoms with Crippen LogP contribution in [0.3, 0.4) is 0 Å². The zero-order valence-corrected chi connectivity index (χ0v) is 15.2. The average Bonchev–Trinajstić information content (AvgIpc) is 3.12. The highest BCUT2D eigenvalue weighted by molar-refractivity contribution is 5.74. The summed E-state index contributed by atoms with van der Waals surface area (Å²) in [7, 11) is 0. The van der Waals surface area contributed by atoms with Crippen molar-refractivity contribution in [2.75, 3.05) is 24.5 Å². The number of oxazole rings is 1. The van der Waals surface area contributed by atoms with Crippen LogP contribution in [-0.4, -0.2) is 36.7 Å². The number of rotatable bonds is 4. The van der Waals surface area contributed by atoms with Gasteiger partial charge in [0.1, 0.15) is 5.52 Å². The molecule has 1 saturated carbocycles. The average molecular weight is 356 g/mol. The molecule has 1 aromatic carbocycles. The van der Waals surface area contributed by atoms with Crippen LogP contribution >= 0.6 is 0 Å². The van der Waals surface area contributed by atoms with E-state index < -0.39 is 0 Å². The van der Waals surface area contributed by atoms with Gasteiger partial charge in [0.05, 0.1) is 0 Å². The fourth-order valence-electron chi connectivity index (χ4n) is 4.04. The molecule has 26 heavy (non-hydrogen) atoms. The van der Waals surface area contributed by atoms with Crippen LogP contribution < -0.4 is 15.5 Å². The van der Waals surface area contributed by atoms with Gasteiger partial charge in [-0.05, 0) is 43.7 Å². The van der Waals surface area contributed by atoms with Gasteiger partial charge in [-0.3, -0.25) is 0 Å². The summed E-state index contributed by atoms with van der Waals surface area (Å²) in [5.41, 5.74) is 1.75. The number of carbonyl (C=O) groups excluding carboxylic acids is 1. The number of hydrogen-bond acceptors (Lipinski definition) is 4. The summed E-state index contributed by atoms with van der Waals surface area (Å²) in [5.74, 6) is 0.521. The molecule has 2 fully saturated rings. The Morgan fingerprint density at radius 2 is 1.88 bits per heavy atom. The summed E-state index contributed by atoms with van der Waals surface area (Å²) in [6.45, 7) is 2.59. The highest BCUT2D eigenvalue weighted by atomic mass is 16.4. The van der Waals surface area contributed by atoms with Gasteiger partial charge < -0.3 is 20.0 Å². The molecule has 2 N–H and O–H groups in total. The van der Waals surface area contributed by atoms with Gasteiger partial charge in [0, 0.05) is 25.7 Å². The van der Waals surface area contributed by atoms with Crippen molar-refractivity contribution in [2.24, 2.45) is 5.92 Å². The third-order valence-electron chi connectivity index (χ3n) is 5.66. The molecule has 4 rings (SSSR count). The normalized spacial score (nSPS) is 19.6. The number of aromatic nitrogens is 1. The molecule has 2 heterocycles. The van der Waals surface area contributed by atoms with E-state index >= 15 is 0 Å². The van der Waals surface area contributed by atoms with Gasteiger partial charge in [0.2, 0.25) is 0 Å². The lowest BCUT2D eigenvalue weighted by Crippen LogP contribution is -2.45. The van der Waals surface area contributed by atoms with E-state index in [-0.39, 0.29) is 6.03 Å². The minimum absolute atomic E-state index is 0.00159. The zero-order chi connectivity index (χ0) is 17.8. The number of urea groups is 1. The molecular weight excluding hydrogens is 328 g/mol. The third kappa shape index (κ3) is 4.11. The van der Waals surface area contributed by atoms with Crippen molar-refractivity contribution in [3.05, 3.63) is 24.3 Å². The van der Waals surface area contributed by atoms with Crippen molar-refractivity contribution in [3.8, 4) is 0 Å². The predicted octanol–water partition coefficient (Wildman–Crippen LogP) is 3.68. The quantitative estimate of drug-likeness (QED) is 0.877. The van der Waals surface area contributed by atoms with Crippen molar-refractivity contribution in [1.29, 1.82) is 0 Å². The first-order valence-corrected chi connectivity index (χ1v) is 9.93. The van der Waals surface area contributed by atoms with E-state index in [4.69, 9.17) is 4.42 Å². The van der Waals surface area contributed by atoms with Gasteiger partial charge in [-0.15, -0.1) is 0 Å². The molecule has 0 spiro atoms. The SMILES string of the molecule is O=C(NCC1CCN(c2nc3ccccc3o2)CC1)NC1CCCCC1. The van der Waals surface area contributed by atoms with Gasteiger partial charge in [-0.1, -0.05) is 31.4 Å². The summed E-state index contributed by atoms with van der Waals surface area (Å²) in [6, 6.07) is 8.95. The molecule has 0 radical (unpaired) electrons. The minimum Gasteiger partial charge on any atom is -0.423 e. The standard InChI is InChI=1S/C20H28N4O2/c25-19(22-16-6-2-1-3-7-16)21-14-15-10-12-24(13-11-15)20-23-17-8-4-5-9-18(17)26-20/h4-5,8-9,15-16H,1-3,6-7,10-14H2,(H2,21,22,25). The summed E-state index contributed by atoms with van der Waals surface area (Å²) < 4.78 is 5.86. The fourth-order valence-corrected chi connectivity index (χ4v) is 4.04. The Hall–Kier alpha value is -2.24. The van der Waals surface area contributed by atoms with Crippen LogP contribution in [0, 0.1) is 5.92 Å². The molecule has 0 bridgehead atoms. The highest BCUT2D eigenvalue weighted by Gasteiger charge is 2.23. The first-order valence-electron chi connectivity index (χ1n) is 9.93. The van der Waals surface area contributed by atoms with E-state index in [9.17, 15) is 4.79 Å². The van der Waals surface area contributed by atoms with E-state index in [1.54, 1.807) is 0 Å². The number of benzene rings is 1. The maximum Gasteiger partial charge on any atom is 0.315 e. The Labute approximate surface area is 154 Å². The topological polar surface area (TPSA) is 70.4 Å². The molecule has 2 aliphatic rings. The summed E-state index contributed by atoms with van der Waals surface area (Å²) >= 11 is 0. The molecule has 2 aromatic rings. The molecule has 1 aromatic heterocycles. The van der Waals surface area contributed by atoms with Crippen LogP contribution in [0.5, 0.6) is 0 Å². The van der Waals surface area contributed by atoms with Gasteiger partial charge in [-0.2, -0.15) is 4.98 Å². The molecule has 1 saturated heterocycles. The first-order chi connectivity index (χ1) is 12.8. The fraction of sp³-hybridized carbons (Fsp3) is 0.600. The Morgan fingerprint density at radius 3 is 2.65 bits per heavy atom. The van der Waals surface area contributed by atoms with Crippen LogP contribution in [0.25, 0.3) is 11.1 Å². The number of para-hydroxylation sites is 2. The maximum atomic E-state index is 12.1. The molecule has 0 atom stereocenters. The number of nitrogens with zero attached hydrogens (tertiary/aromatic N) is 2. The molecule has 1 aliphatic carbocycles. The summed E-state index contributed by atoms with van der Waals surface area (Å²) in [5, 5.41) is 6.19. The number of hydrogen-bond donors (Lipinski definition) is 2. The monoisotopic (exact) mass is 356 g/mol. The number of nitrogens with one attached hydrogen (secondary N) is 2. The van der Waals surface area contributed by atoms with Crippen molar-refractivity contribution >= 4 is 23.1 Å². The molecule has 2 amide bonds. The zero-order valence-electron chi connectivity index (χ0n) is 15.2. The van der Waals surface area contributed by atoms with Crippen LogP contribution in [-0.2, 0) is 0 Å². The van der Waals surface area contributed by atoms with Gasteiger partial charge in [0.25, 0.3) is 6.01 Å². The maximum absolute atomic E-state index is 12.1. The van der Waals surface area contributed by atoms with E-state index in [1.807, 2.05) is 24.3 Å². The van der Waals surface area contributed by atoms with E-state index in [2.05, 4.69) is 20.5 Å². The molecule has 6 nitrogen and oxygen atoms in total. The predicted molar refractivity (Wildman–Crippen MR) is 102 cm³/mol. The van der Waals surface area contributed by atoms with Crippen LogP contribution in [0.15, 0.2) is 28.7 Å². The number of piperidine rings is 1. The summed E-state index contributed by atoms with van der Waals surface area (Å²) in [6.07, 6.45) is 8.11. The minimum atomic E-state index is -0.00159. The van der Waals surface area contributed by atoms with Crippen molar-refractivity contribution < 1.29 is 9.21 Å². The van der Waals surface area contributed by atoms with E-state index in [0.717, 1.165) is 56.4 Å². The van der Waals surface area contributed by atoms with Crippen LogP contribution in [0.4, 0.5) is 10.8 Å². The third-order valence-corrected chi connectivity index (χ3v) is 5.66. The second-order valence-electron chi connectivity index (χ2n) is 7.58. The second-order valence-corrected chi connectivity index (χ2v) is 7.58. The Balaban J connectivity index is 1.21.